The van der Waals surface area contributed by atoms with Crippen LogP contribution in [0.3, 0.4) is 0 Å². The molecule has 26 heavy (non-hydrogen) atoms. The SMILES string of the molecule is O=C(NC[C@@H]1CCOc2ccccc2C1)c1ccnc(-n2cnnc2)c1. The highest BCUT2D eigenvalue weighted by molar-refractivity contribution is 5.94. The van der Waals surface area contributed by atoms with Crippen LogP contribution in [0.4, 0.5) is 0 Å². The van der Waals surface area contributed by atoms with Crippen molar-refractivity contribution in [2.45, 2.75) is 12.8 Å². The summed E-state index contributed by atoms with van der Waals surface area (Å²) >= 11 is 0. The molecule has 0 saturated heterocycles. The molecule has 3 heterocycles. The summed E-state index contributed by atoms with van der Waals surface area (Å²) in [6, 6.07) is 11.5. The van der Waals surface area contributed by atoms with Crippen molar-refractivity contribution >= 4 is 5.91 Å². The van der Waals surface area contributed by atoms with E-state index in [1.165, 1.54) is 5.56 Å². The Morgan fingerprint density at radius 3 is 2.96 bits per heavy atom. The van der Waals surface area contributed by atoms with Gasteiger partial charge in [0.05, 0.1) is 6.61 Å². The number of nitrogens with one attached hydrogen (secondary N) is 1. The van der Waals surface area contributed by atoms with E-state index in [4.69, 9.17) is 4.74 Å². The first-order valence-corrected chi connectivity index (χ1v) is 8.59. The van der Waals surface area contributed by atoms with Gasteiger partial charge in [-0.1, -0.05) is 18.2 Å². The average molecular weight is 349 g/mol. The fraction of sp³-hybridized carbons (Fsp3) is 0.263. The number of ether oxygens (including phenoxy) is 1. The third-order valence-electron chi connectivity index (χ3n) is 4.51. The van der Waals surface area contributed by atoms with Crippen LogP contribution in [0.1, 0.15) is 22.3 Å². The van der Waals surface area contributed by atoms with Gasteiger partial charge in [0, 0.05) is 18.3 Å². The Bertz CT molecular complexity index is 894. The van der Waals surface area contributed by atoms with Crippen LogP contribution in [0, 0.1) is 5.92 Å². The zero-order valence-corrected chi connectivity index (χ0v) is 14.2. The van der Waals surface area contributed by atoms with E-state index < -0.39 is 0 Å². The Morgan fingerprint density at radius 1 is 1.23 bits per heavy atom. The molecule has 0 saturated carbocycles. The Kier molecular flexibility index (Phi) is 4.59. The van der Waals surface area contributed by atoms with Gasteiger partial charge in [-0.25, -0.2) is 4.98 Å². The van der Waals surface area contributed by atoms with Crippen molar-refractivity contribution in [1.82, 2.24) is 25.1 Å². The molecule has 7 heteroatoms. The van der Waals surface area contributed by atoms with Crippen LogP contribution < -0.4 is 10.1 Å². The van der Waals surface area contributed by atoms with E-state index in [1.54, 1.807) is 35.6 Å². The summed E-state index contributed by atoms with van der Waals surface area (Å²) in [6.45, 7) is 1.28. The molecule has 1 N–H and O–H groups in total. The minimum absolute atomic E-state index is 0.111. The fourth-order valence-corrected chi connectivity index (χ4v) is 3.10. The lowest BCUT2D eigenvalue weighted by Gasteiger charge is -2.15. The smallest absolute Gasteiger partial charge is 0.251 e. The van der Waals surface area contributed by atoms with Gasteiger partial charge in [0.15, 0.2) is 0 Å². The first-order valence-electron chi connectivity index (χ1n) is 8.59. The summed E-state index contributed by atoms with van der Waals surface area (Å²) in [5, 5.41) is 10.6. The summed E-state index contributed by atoms with van der Waals surface area (Å²) < 4.78 is 7.45. The largest absolute Gasteiger partial charge is 0.493 e. The quantitative estimate of drug-likeness (QED) is 0.779. The van der Waals surface area contributed by atoms with Crippen molar-refractivity contribution in [3.05, 3.63) is 66.4 Å². The lowest BCUT2D eigenvalue weighted by Crippen LogP contribution is -2.30. The minimum Gasteiger partial charge on any atom is -0.493 e. The van der Waals surface area contributed by atoms with E-state index >= 15 is 0 Å². The van der Waals surface area contributed by atoms with E-state index in [0.29, 0.717) is 30.5 Å². The predicted molar refractivity (Wildman–Crippen MR) is 95.2 cm³/mol. The highest BCUT2D eigenvalue weighted by atomic mass is 16.5. The molecule has 1 aromatic carbocycles. The van der Waals surface area contributed by atoms with Crippen LogP contribution in [0.25, 0.3) is 5.82 Å². The highest BCUT2D eigenvalue weighted by Gasteiger charge is 2.18. The normalized spacial score (nSPS) is 16.2. The monoisotopic (exact) mass is 349 g/mol. The number of hydrogen-bond donors (Lipinski definition) is 1. The molecule has 132 valence electrons. The molecule has 7 nitrogen and oxygen atoms in total. The second kappa shape index (κ2) is 7.35. The molecular formula is C19H19N5O2. The number of nitrogens with zero attached hydrogens (tertiary/aromatic N) is 4. The van der Waals surface area contributed by atoms with Crippen molar-refractivity contribution in [3.63, 3.8) is 0 Å². The zero-order chi connectivity index (χ0) is 17.8. The van der Waals surface area contributed by atoms with Crippen LogP contribution in [0.5, 0.6) is 5.75 Å². The van der Waals surface area contributed by atoms with E-state index in [2.05, 4.69) is 26.6 Å². The summed E-state index contributed by atoms with van der Waals surface area (Å²) in [4.78, 5) is 16.8. The van der Waals surface area contributed by atoms with Crippen molar-refractivity contribution in [3.8, 4) is 11.6 Å². The first kappa shape index (κ1) is 16.3. The van der Waals surface area contributed by atoms with Crippen molar-refractivity contribution in [1.29, 1.82) is 0 Å². The molecule has 3 aromatic rings. The predicted octanol–water partition coefficient (Wildman–Crippen LogP) is 2.03. The van der Waals surface area contributed by atoms with Crippen LogP contribution in [0.2, 0.25) is 0 Å². The lowest BCUT2D eigenvalue weighted by atomic mass is 9.97. The number of carbonyl (C=O) groups excluding carboxylic acids is 1. The maximum atomic E-state index is 12.5. The molecule has 1 amide bonds. The van der Waals surface area contributed by atoms with Crippen LogP contribution >= 0.6 is 0 Å². The lowest BCUT2D eigenvalue weighted by molar-refractivity contribution is 0.0945. The molecule has 0 fully saturated rings. The summed E-state index contributed by atoms with van der Waals surface area (Å²) in [5.41, 5.74) is 1.76. The number of carbonyl (C=O) groups is 1. The topological polar surface area (TPSA) is 81.9 Å². The second-order valence-corrected chi connectivity index (χ2v) is 6.30. The number of fused-ring (bicyclic) bond motifs is 1. The minimum atomic E-state index is -0.111. The Hall–Kier alpha value is -3.22. The molecule has 0 aliphatic carbocycles. The number of benzene rings is 1. The van der Waals surface area contributed by atoms with Crippen LogP contribution in [-0.2, 0) is 6.42 Å². The van der Waals surface area contributed by atoms with Gasteiger partial charge in [-0.05, 0) is 42.5 Å². The first-order chi connectivity index (χ1) is 12.8. The Balaban J connectivity index is 1.41. The van der Waals surface area contributed by atoms with Crippen LogP contribution in [-0.4, -0.2) is 38.8 Å². The molecule has 0 unspecified atom stereocenters. The number of pyridine rings is 1. The van der Waals surface area contributed by atoms with Gasteiger partial charge in [0.25, 0.3) is 5.91 Å². The zero-order valence-electron chi connectivity index (χ0n) is 14.2. The summed E-state index contributed by atoms with van der Waals surface area (Å²) in [6.07, 6.45) is 6.52. The van der Waals surface area contributed by atoms with Crippen molar-refractivity contribution < 1.29 is 9.53 Å². The van der Waals surface area contributed by atoms with Gasteiger partial charge in [-0.3, -0.25) is 9.36 Å². The van der Waals surface area contributed by atoms with Gasteiger partial charge in [-0.2, -0.15) is 0 Å². The van der Waals surface area contributed by atoms with Gasteiger partial charge in [-0.15, -0.1) is 10.2 Å². The molecule has 0 spiro atoms. The average Bonchev–Trinajstić information content (AvgIpc) is 3.14. The third kappa shape index (κ3) is 3.56. The number of para-hydroxylation sites is 1. The second-order valence-electron chi connectivity index (χ2n) is 6.30. The fourth-order valence-electron chi connectivity index (χ4n) is 3.10. The Labute approximate surface area is 151 Å². The molecule has 2 aromatic heterocycles. The molecule has 1 aliphatic rings. The van der Waals surface area contributed by atoms with Gasteiger partial charge in [0.2, 0.25) is 0 Å². The number of rotatable bonds is 4. The molecule has 1 aliphatic heterocycles. The summed E-state index contributed by atoms with van der Waals surface area (Å²) in [5.74, 6) is 1.80. The number of hydrogen-bond acceptors (Lipinski definition) is 5. The number of amides is 1. The third-order valence-corrected chi connectivity index (χ3v) is 4.51. The van der Waals surface area contributed by atoms with Crippen molar-refractivity contribution in [2.24, 2.45) is 5.92 Å². The van der Waals surface area contributed by atoms with Gasteiger partial charge < -0.3 is 10.1 Å². The highest BCUT2D eigenvalue weighted by Crippen LogP contribution is 2.26. The van der Waals surface area contributed by atoms with Gasteiger partial charge >= 0.3 is 0 Å². The van der Waals surface area contributed by atoms with Gasteiger partial charge in [0.1, 0.15) is 24.2 Å². The number of aromatic nitrogens is 4. The molecule has 1 atom stereocenters. The summed E-state index contributed by atoms with van der Waals surface area (Å²) in [7, 11) is 0. The van der Waals surface area contributed by atoms with E-state index in [1.807, 2.05) is 18.2 Å². The Morgan fingerprint density at radius 2 is 2.08 bits per heavy atom. The molecule has 0 radical (unpaired) electrons. The molecule has 4 rings (SSSR count). The van der Waals surface area contributed by atoms with E-state index in [9.17, 15) is 4.79 Å². The maximum Gasteiger partial charge on any atom is 0.251 e. The van der Waals surface area contributed by atoms with Crippen molar-refractivity contribution in [2.75, 3.05) is 13.2 Å². The molecular weight excluding hydrogens is 330 g/mol. The standard InChI is InChI=1S/C19H19N5O2/c25-19(16-5-7-20-18(10-16)24-12-22-23-13-24)21-11-14-6-8-26-17-4-2-1-3-15(17)9-14/h1-5,7,10,12-14H,6,8-9,11H2,(H,21,25)/t14-/m1/s1. The van der Waals surface area contributed by atoms with E-state index in [-0.39, 0.29) is 5.91 Å². The molecule has 0 bridgehead atoms. The van der Waals surface area contributed by atoms with Crippen LogP contribution in [0.15, 0.2) is 55.2 Å². The van der Waals surface area contributed by atoms with E-state index in [0.717, 1.165) is 18.6 Å². The maximum absolute atomic E-state index is 12.5.